The lowest BCUT2D eigenvalue weighted by molar-refractivity contribution is 0.461. The Morgan fingerprint density at radius 1 is 1.15 bits per heavy atom. The Balaban J connectivity index is 2.38. The van der Waals surface area contributed by atoms with Crippen LogP contribution >= 0.6 is 15.9 Å². The fourth-order valence-corrected chi connectivity index (χ4v) is 2.50. The molecule has 2 aromatic rings. The summed E-state index contributed by atoms with van der Waals surface area (Å²) in [5, 5.41) is 3.26. The van der Waals surface area contributed by atoms with Crippen LogP contribution in [0, 0.1) is 0 Å². The summed E-state index contributed by atoms with van der Waals surface area (Å²) in [6.07, 6.45) is 0.962. The number of benzene rings is 2. The minimum absolute atomic E-state index is 0.233. The molecule has 1 N–H and O–H groups in total. The van der Waals surface area contributed by atoms with Crippen LogP contribution in [0.5, 0.6) is 11.5 Å². The second-order valence-electron chi connectivity index (χ2n) is 4.76. The van der Waals surface area contributed by atoms with Crippen LogP contribution in [0.4, 0.5) is 0 Å². The van der Waals surface area contributed by atoms with Gasteiger partial charge in [-0.2, -0.15) is 0 Å². The smallest absolute Gasteiger partial charge is 0.132 e. The molecule has 0 amide bonds. The highest BCUT2D eigenvalue weighted by atomic mass is 79.9. The van der Waals surface area contributed by atoms with Gasteiger partial charge in [0, 0.05) is 16.1 Å². The number of aryl methyl sites for hydroxylation is 1. The van der Waals surface area contributed by atoms with Gasteiger partial charge in [-0.3, -0.25) is 0 Å². The second-order valence-corrected chi connectivity index (χ2v) is 5.67. The van der Waals surface area contributed by atoms with E-state index in [0.717, 1.165) is 28.0 Å². The van der Waals surface area contributed by atoms with Crippen LogP contribution in [0.25, 0.3) is 0 Å². The minimum atomic E-state index is 0.233. The molecule has 0 radical (unpaired) electrons. The summed E-state index contributed by atoms with van der Waals surface area (Å²) in [6.45, 7) is 4.27. The molecule has 2 rings (SSSR count). The number of para-hydroxylation sites is 1. The third kappa shape index (κ3) is 3.41. The highest BCUT2D eigenvalue weighted by Gasteiger charge is 2.12. The first-order valence-corrected chi connectivity index (χ1v) is 7.67. The summed E-state index contributed by atoms with van der Waals surface area (Å²) in [5.41, 5.74) is 2.37. The van der Waals surface area contributed by atoms with Gasteiger partial charge in [-0.25, -0.2) is 0 Å². The van der Waals surface area contributed by atoms with Crippen LogP contribution in [-0.2, 0) is 6.42 Å². The number of hydrogen-bond acceptors (Lipinski definition) is 2. The number of nitrogens with one attached hydrogen (secondary N) is 1. The van der Waals surface area contributed by atoms with E-state index in [-0.39, 0.29) is 6.04 Å². The van der Waals surface area contributed by atoms with E-state index < -0.39 is 0 Å². The number of rotatable bonds is 5. The zero-order valence-electron chi connectivity index (χ0n) is 12.1. The van der Waals surface area contributed by atoms with Gasteiger partial charge in [0.15, 0.2) is 0 Å². The van der Waals surface area contributed by atoms with Crippen LogP contribution in [0.1, 0.15) is 31.0 Å². The number of hydrogen-bond donors (Lipinski definition) is 1. The first-order valence-electron chi connectivity index (χ1n) is 6.88. The van der Waals surface area contributed by atoms with Crippen LogP contribution in [0.2, 0.25) is 0 Å². The van der Waals surface area contributed by atoms with E-state index in [0.29, 0.717) is 0 Å². The van der Waals surface area contributed by atoms with Gasteiger partial charge in [0.05, 0.1) is 0 Å². The predicted octanol–water partition coefficient (Wildman–Crippen LogP) is 5.08. The molecule has 20 heavy (non-hydrogen) atoms. The maximum absolute atomic E-state index is 6.15. The van der Waals surface area contributed by atoms with Crippen molar-refractivity contribution in [2.45, 2.75) is 26.3 Å². The summed E-state index contributed by atoms with van der Waals surface area (Å²) < 4.78 is 7.21. The fraction of sp³-hybridized carbons (Fsp3) is 0.294. The third-order valence-electron chi connectivity index (χ3n) is 3.44. The van der Waals surface area contributed by atoms with Crippen LogP contribution in [0.3, 0.4) is 0 Å². The average molecular weight is 334 g/mol. The molecular weight excluding hydrogens is 314 g/mol. The van der Waals surface area contributed by atoms with Crippen LogP contribution < -0.4 is 10.1 Å². The summed E-state index contributed by atoms with van der Waals surface area (Å²) in [4.78, 5) is 0. The standard InChI is InChI=1S/C17H20BrNO/c1-4-13-7-5-6-8-16(13)20-17-10-9-14(18)11-15(17)12(2)19-3/h5-12,19H,4H2,1-3H3. The average Bonchev–Trinajstić information content (AvgIpc) is 2.48. The van der Waals surface area contributed by atoms with Crippen molar-refractivity contribution in [2.75, 3.05) is 7.05 Å². The van der Waals surface area contributed by atoms with Gasteiger partial charge in [-0.1, -0.05) is 41.1 Å². The molecule has 2 nitrogen and oxygen atoms in total. The Morgan fingerprint density at radius 2 is 1.90 bits per heavy atom. The van der Waals surface area contributed by atoms with Crippen molar-refractivity contribution in [1.82, 2.24) is 5.32 Å². The number of ether oxygens (including phenoxy) is 1. The summed E-state index contributed by atoms with van der Waals surface area (Å²) in [6, 6.07) is 14.5. The maximum Gasteiger partial charge on any atom is 0.132 e. The first kappa shape index (κ1) is 15.1. The highest BCUT2D eigenvalue weighted by Crippen LogP contribution is 2.33. The molecule has 0 saturated heterocycles. The summed E-state index contributed by atoms with van der Waals surface area (Å²) in [7, 11) is 1.95. The van der Waals surface area contributed by atoms with E-state index in [1.54, 1.807) is 0 Å². The highest BCUT2D eigenvalue weighted by molar-refractivity contribution is 9.10. The lowest BCUT2D eigenvalue weighted by Crippen LogP contribution is -2.13. The van der Waals surface area contributed by atoms with Gasteiger partial charge in [0.1, 0.15) is 11.5 Å². The molecule has 0 aliphatic rings. The van der Waals surface area contributed by atoms with Crippen LogP contribution in [0.15, 0.2) is 46.9 Å². The summed E-state index contributed by atoms with van der Waals surface area (Å²) in [5.74, 6) is 1.83. The SMILES string of the molecule is CCc1ccccc1Oc1ccc(Br)cc1C(C)NC. The van der Waals surface area contributed by atoms with Gasteiger partial charge < -0.3 is 10.1 Å². The van der Waals surface area contributed by atoms with E-state index >= 15 is 0 Å². The Kier molecular flexibility index (Phi) is 5.21. The van der Waals surface area contributed by atoms with Gasteiger partial charge in [-0.05, 0) is 50.2 Å². The summed E-state index contributed by atoms with van der Waals surface area (Å²) >= 11 is 3.52. The van der Waals surface area contributed by atoms with E-state index in [9.17, 15) is 0 Å². The largest absolute Gasteiger partial charge is 0.457 e. The van der Waals surface area contributed by atoms with Crippen molar-refractivity contribution >= 4 is 15.9 Å². The zero-order valence-corrected chi connectivity index (χ0v) is 13.7. The lowest BCUT2D eigenvalue weighted by atomic mass is 10.1. The van der Waals surface area contributed by atoms with Crippen molar-refractivity contribution in [1.29, 1.82) is 0 Å². The normalized spacial score (nSPS) is 12.2. The molecule has 3 heteroatoms. The Morgan fingerprint density at radius 3 is 2.60 bits per heavy atom. The Labute approximate surface area is 129 Å². The quantitative estimate of drug-likeness (QED) is 0.823. The molecule has 0 bridgehead atoms. The van der Waals surface area contributed by atoms with Gasteiger partial charge in [0.25, 0.3) is 0 Å². The van der Waals surface area contributed by atoms with E-state index in [1.165, 1.54) is 5.56 Å². The topological polar surface area (TPSA) is 21.3 Å². The Hall–Kier alpha value is -1.32. The van der Waals surface area contributed by atoms with Gasteiger partial charge in [0.2, 0.25) is 0 Å². The third-order valence-corrected chi connectivity index (χ3v) is 3.94. The molecule has 2 aromatic carbocycles. The van der Waals surface area contributed by atoms with Crippen LogP contribution in [-0.4, -0.2) is 7.05 Å². The van der Waals surface area contributed by atoms with E-state index in [2.05, 4.69) is 47.2 Å². The zero-order chi connectivity index (χ0) is 14.5. The monoisotopic (exact) mass is 333 g/mol. The van der Waals surface area contributed by atoms with E-state index in [1.807, 2.05) is 37.4 Å². The lowest BCUT2D eigenvalue weighted by Gasteiger charge is -2.18. The van der Waals surface area contributed by atoms with Crippen molar-refractivity contribution in [3.63, 3.8) is 0 Å². The molecule has 0 fully saturated rings. The van der Waals surface area contributed by atoms with Crippen molar-refractivity contribution in [3.8, 4) is 11.5 Å². The van der Waals surface area contributed by atoms with Gasteiger partial charge in [-0.15, -0.1) is 0 Å². The van der Waals surface area contributed by atoms with E-state index in [4.69, 9.17) is 4.74 Å². The number of halogens is 1. The molecular formula is C17H20BrNO. The first-order chi connectivity index (χ1) is 9.65. The molecule has 106 valence electrons. The van der Waals surface area contributed by atoms with Crippen molar-refractivity contribution in [2.24, 2.45) is 0 Å². The molecule has 1 unspecified atom stereocenters. The molecule has 1 atom stereocenters. The fourth-order valence-electron chi connectivity index (χ4n) is 2.12. The molecule has 0 heterocycles. The molecule has 0 aliphatic heterocycles. The molecule has 0 spiro atoms. The molecule has 0 saturated carbocycles. The van der Waals surface area contributed by atoms with Crippen molar-refractivity contribution < 1.29 is 4.74 Å². The second kappa shape index (κ2) is 6.91. The predicted molar refractivity (Wildman–Crippen MR) is 87.5 cm³/mol. The molecule has 0 aliphatic carbocycles. The molecule has 0 aromatic heterocycles. The Bertz CT molecular complexity index is 583. The van der Waals surface area contributed by atoms with Crippen molar-refractivity contribution in [3.05, 3.63) is 58.1 Å². The van der Waals surface area contributed by atoms with Gasteiger partial charge >= 0.3 is 0 Å². The maximum atomic E-state index is 6.15. The minimum Gasteiger partial charge on any atom is -0.457 e.